The van der Waals surface area contributed by atoms with Crippen LogP contribution < -0.4 is 0 Å². The summed E-state index contributed by atoms with van der Waals surface area (Å²) in [6, 6.07) is 1.25. The van der Waals surface area contributed by atoms with Gasteiger partial charge in [-0.3, -0.25) is 14.9 Å². The van der Waals surface area contributed by atoms with Crippen LogP contribution >= 0.6 is 0 Å². The Morgan fingerprint density at radius 3 is 2.61 bits per heavy atom. The maximum Gasteiger partial charge on any atom is 0.287 e. The number of hydrogen-bond acceptors (Lipinski definition) is 4. The summed E-state index contributed by atoms with van der Waals surface area (Å²) in [5.41, 5.74) is 0.205. The lowest BCUT2D eigenvalue weighted by molar-refractivity contribution is -0.384. The van der Waals surface area contributed by atoms with Crippen molar-refractivity contribution in [3.8, 4) is 0 Å². The Kier molecular flexibility index (Phi) is 3.08. The molecule has 0 aromatic carbocycles. The highest BCUT2D eigenvalue weighted by Crippen LogP contribution is 2.23. The van der Waals surface area contributed by atoms with Gasteiger partial charge in [-0.2, -0.15) is 0 Å². The quantitative estimate of drug-likeness (QED) is 0.637. The summed E-state index contributed by atoms with van der Waals surface area (Å²) >= 11 is 0. The van der Waals surface area contributed by atoms with E-state index < -0.39 is 11.0 Å². The maximum absolute atomic E-state index is 12.1. The van der Waals surface area contributed by atoms with Crippen LogP contribution in [0.5, 0.6) is 0 Å². The number of rotatable bonds is 3. The van der Waals surface area contributed by atoms with Crippen LogP contribution in [0.2, 0.25) is 0 Å². The highest BCUT2D eigenvalue weighted by atomic mass is 16.6. The highest BCUT2D eigenvalue weighted by Gasteiger charge is 2.32. The number of aliphatic hydroxyl groups is 1. The SMILES string of the molecule is CC(C)n1cc([N+](=O)[O-])cc1C(=O)N1CC(O)C1. The van der Waals surface area contributed by atoms with Gasteiger partial charge in [-0.25, -0.2) is 0 Å². The number of likely N-dealkylation sites (tertiary alicyclic amines) is 1. The van der Waals surface area contributed by atoms with Crippen LogP contribution in [0.4, 0.5) is 5.69 Å². The van der Waals surface area contributed by atoms with Crippen molar-refractivity contribution in [2.24, 2.45) is 0 Å². The number of nitro groups is 1. The Bertz CT molecular complexity index is 488. The number of nitrogens with zero attached hydrogens (tertiary/aromatic N) is 3. The molecule has 0 aliphatic carbocycles. The van der Waals surface area contributed by atoms with E-state index in [-0.39, 0.29) is 30.7 Å². The zero-order chi connectivity index (χ0) is 13.4. The summed E-state index contributed by atoms with van der Waals surface area (Å²) in [5.74, 6) is -0.276. The van der Waals surface area contributed by atoms with Crippen LogP contribution in [0, 0.1) is 10.1 Å². The predicted molar refractivity (Wildman–Crippen MR) is 63.4 cm³/mol. The van der Waals surface area contributed by atoms with Crippen LogP contribution in [0.15, 0.2) is 12.3 Å². The lowest BCUT2D eigenvalue weighted by Gasteiger charge is -2.36. The van der Waals surface area contributed by atoms with Gasteiger partial charge in [-0.15, -0.1) is 0 Å². The molecule has 1 saturated heterocycles. The molecule has 98 valence electrons. The summed E-state index contributed by atoms with van der Waals surface area (Å²) in [5, 5.41) is 19.9. The first-order valence-electron chi connectivity index (χ1n) is 5.73. The Balaban J connectivity index is 2.30. The summed E-state index contributed by atoms with van der Waals surface area (Å²) in [6.07, 6.45) is 0.889. The number of aliphatic hydroxyl groups excluding tert-OH is 1. The smallest absolute Gasteiger partial charge is 0.287 e. The fraction of sp³-hybridized carbons (Fsp3) is 0.545. The molecule has 0 saturated carbocycles. The molecule has 1 aromatic rings. The van der Waals surface area contributed by atoms with Gasteiger partial charge in [0.25, 0.3) is 11.6 Å². The molecule has 1 N–H and O–H groups in total. The third-order valence-electron chi connectivity index (χ3n) is 2.97. The van der Waals surface area contributed by atoms with E-state index in [1.807, 2.05) is 13.8 Å². The number of hydrogen-bond donors (Lipinski definition) is 1. The van der Waals surface area contributed by atoms with Crippen LogP contribution in [0.3, 0.4) is 0 Å². The number of carbonyl (C=O) groups excluding carboxylic acids is 1. The molecule has 1 fully saturated rings. The molecule has 1 amide bonds. The number of amides is 1. The van der Waals surface area contributed by atoms with Crippen LogP contribution in [-0.2, 0) is 0 Å². The molecule has 1 aliphatic heterocycles. The van der Waals surface area contributed by atoms with Crippen molar-refractivity contribution in [2.45, 2.75) is 26.0 Å². The first-order chi connectivity index (χ1) is 8.40. The lowest BCUT2D eigenvalue weighted by Crippen LogP contribution is -2.53. The van der Waals surface area contributed by atoms with E-state index in [0.29, 0.717) is 5.69 Å². The van der Waals surface area contributed by atoms with E-state index in [1.165, 1.54) is 17.2 Å². The highest BCUT2D eigenvalue weighted by molar-refractivity contribution is 5.94. The molecule has 0 atom stereocenters. The van der Waals surface area contributed by atoms with Crippen molar-refractivity contribution < 1.29 is 14.8 Å². The average Bonchev–Trinajstić information content (AvgIpc) is 2.68. The number of aromatic nitrogens is 1. The molecule has 0 unspecified atom stereocenters. The van der Waals surface area contributed by atoms with E-state index in [2.05, 4.69) is 0 Å². The number of carbonyl (C=O) groups is 1. The van der Waals surface area contributed by atoms with Crippen molar-refractivity contribution in [1.29, 1.82) is 0 Å². The van der Waals surface area contributed by atoms with Crippen LogP contribution in [0.25, 0.3) is 0 Å². The van der Waals surface area contributed by atoms with Crippen molar-refractivity contribution >= 4 is 11.6 Å². The molecular formula is C11H15N3O4. The van der Waals surface area contributed by atoms with Gasteiger partial charge in [-0.05, 0) is 13.8 Å². The van der Waals surface area contributed by atoms with Crippen molar-refractivity contribution in [2.75, 3.05) is 13.1 Å². The van der Waals surface area contributed by atoms with Gasteiger partial charge in [0.1, 0.15) is 5.69 Å². The molecule has 18 heavy (non-hydrogen) atoms. The topological polar surface area (TPSA) is 88.6 Å². The van der Waals surface area contributed by atoms with E-state index in [9.17, 15) is 20.0 Å². The van der Waals surface area contributed by atoms with Gasteiger partial charge < -0.3 is 14.6 Å². The first kappa shape index (κ1) is 12.6. The van der Waals surface area contributed by atoms with Gasteiger partial charge in [0, 0.05) is 25.2 Å². The second kappa shape index (κ2) is 4.41. The fourth-order valence-corrected chi connectivity index (χ4v) is 1.95. The molecule has 2 heterocycles. The van der Waals surface area contributed by atoms with Gasteiger partial charge in [0.05, 0.1) is 17.2 Å². The molecular weight excluding hydrogens is 238 g/mol. The summed E-state index contributed by atoms with van der Waals surface area (Å²) in [6.45, 7) is 4.28. The predicted octanol–water partition coefficient (Wildman–Crippen LogP) is 0.794. The number of β-amino-alcohol motifs (C(OH)–C–C–N with tert-alkyl or cyclic N) is 1. The summed E-state index contributed by atoms with van der Waals surface area (Å²) in [7, 11) is 0. The zero-order valence-corrected chi connectivity index (χ0v) is 10.2. The fourth-order valence-electron chi connectivity index (χ4n) is 1.95. The van der Waals surface area contributed by atoms with Gasteiger partial charge in [0.15, 0.2) is 0 Å². The molecule has 0 bridgehead atoms. The monoisotopic (exact) mass is 253 g/mol. The minimum Gasteiger partial charge on any atom is -0.389 e. The third kappa shape index (κ3) is 2.08. The Hall–Kier alpha value is -1.89. The largest absolute Gasteiger partial charge is 0.389 e. The van der Waals surface area contributed by atoms with E-state index >= 15 is 0 Å². The molecule has 2 rings (SSSR count). The van der Waals surface area contributed by atoms with Crippen molar-refractivity contribution in [1.82, 2.24) is 9.47 Å². The molecule has 1 aromatic heterocycles. The maximum atomic E-state index is 12.1. The molecule has 7 heteroatoms. The normalized spacial score (nSPS) is 15.9. The molecule has 0 radical (unpaired) electrons. The first-order valence-corrected chi connectivity index (χ1v) is 5.73. The minimum atomic E-state index is -0.513. The van der Waals surface area contributed by atoms with Gasteiger partial charge >= 0.3 is 0 Å². The summed E-state index contributed by atoms with van der Waals surface area (Å²) in [4.78, 5) is 23.8. The Labute approximate surface area is 104 Å². The Morgan fingerprint density at radius 2 is 2.17 bits per heavy atom. The van der Waals surface area contributed by atoms with Crippen LogP contribution in [-0.4, -0.2) is 44.6 Å². The second-order valence-corrected chi connectivity index (χ2v) is 4.71. The van der Waals surface area contributed by atoms with Crippen LogP contribution in [0.1, 0.15) is 30.4 Å². The van der Waals surface area contributed by atoms with Gasteiger partial charge in [0.2, 0.25) is 0 Å². The molecule has 1 aliphatic rings. The van der Waals surface area contributed by atoms with Crippen molar-refractivity contribution in [3.63, 3.8) is 0 Å². The molecule has 0 spiro atoms. The third-order valence-corrected chi connectivity index (χ3v) is 2.97. The van der Waals surface area contributed by atoms with Gasteiger partial charge in [-0.1, -0.05) is 0 Å². The standard InChI is InChI=1S/C11H15N3O4/c1-7(2)13-4-8(14(17)18)3-10(13)11(16)12-5-9(15)6-12/h3-4,7,9,15H,5-6H2,1-2H3. The van der Waals surface area contributed by atoms with E-state index in [0.717, 1.165) is 0 Å². The lowest BCUT2D eigenvalue weighted by atomic mass is 10.1. The Morgan fingerprint density at radius 1 is 1.56 bits per heavy atom. The van der Waals surface area contributed by atoms with E-state index in [1.54, 1.807) is 4.57 Å². The summed E-state index contributed by atoms with van der Waals surface area (Å²) < 4.78 is 1.59. The van der Waals surface area contributed by atoms with Crippen molar-refractivity contribution in [3.05, 3.63) is 28.1 Å². The average molecular weight is 253 g/mol. The molecule has 7 nitrogen and oxygen atoms in total. The zero-order valence-electron chi connectivity index (χ0n) is 10.2. The second-order valence-electron chi connectivity index (χ2n) is 4.71. The van der Waals surface area contributed by atoms with E-state index in [4.69, 9.17) is 0 Å². The minimum absolute atomic E-state index is 0.0381.